The number of allylic oxidation sites excluding steroid dienone is 4. The second kappa shape index (κ2) is 13.4. The van der Waals surface area contributed by atoms with Crippen molar-refractivity contribution in [2.45, 2.75) is 71.6 Å². The Morgan fingerprint density at radius 1 is 0.895 bits per heavy atom. The van der Waals surface area contributed by atoms with E-state index >= 15 is 0 Å². The lowest BCUT2D eigenvalue weighted by atomic mass is 10.1. The summed E-state index contributed by atoms with van der Waals surface area (Å²) in [7, 11) is 0. The normalized spacial score (nSPS) is 11.9. The van der Waals surface area contributed by atoms with Crippen LogP contribution >= 0.6 is 0 Å². The first kappa shape index (κ1) is 17.9. The van der Waals surface area contributed by atoms with Crippen molar-refractivity contribution in [1.29, 1.82) is 0 Å². The van der Waals surface area contributed by atoms with E-state index < -0.39 is 5.97 Å². The van der Waals surface area contributed by atoms with Crippen LogP contribution in [0.15, 0.2) is 24.3 Å². The van der Waals surface area contributed by atoms with E-state index in [1.54, 1.807) is 0 Å². The first-order chi connectivity index (χ1) is 9.13. The molecule has 0 aromatic carbocycles. The highest BCUT2D eigenvalue weighted by Crippen LogP contribution is 2.08. The lowest BCUT2D eigenvalue weighted by molar-refractivity contribution is -0.137. The van der Waals surface area contributed by atoms with Crippen LogP contribution in [-0.4, -0.2) is 11.1 Å². The average Bonchev–Trinajstić information content (AvgIpc) is 2.34. The molecule has 2 nitrogen and oxygen atoms in total. The molecule has 0 atom stereocenters. The van der Waals surface area contributed by atoms with Crippen molar-refractivity contribution >= 4 is 5.97 Å². The number of aliphatic carboxylic acids is 1. The Labute approximate surface area is 118 Å². The third kappa shape index (κ3) is 16.9. The molecule has 2 heteroatoms. The molecular weight excluding hydrogens is 236 g/mol. The topological polar surface area (TPSA) is 37.3 Å². The zero-order valence-corrected chi connectivity index (χ0v) is 12.6. The van der Waals surface area contributed by atoms with Crippen LogP contribution in [0.4, 0.5) is 0 Å². The predicted octanol–water partition coefficient (Wildman–Crippen LogP) is 5.35. The second-order valence-electron chi connectivity index (χ2n) is 5.48. The Balaban J connectivity index is 3.24. The molecule has 0 spiro atoms. The van der Waals surface area contributed by atoms with E-state index in [4.69, 9.17) is 5.11 Å². The highest BCUT2D eigenvalue weighted by Gasteiger charge is 1.93. The van der Waals surface area contributed by atoms with Gasteiger partial charge >= 0.3 is 5.97 Å². The fourth-order valence-electron chi connectivity index (χ4n) is 1.85. The Morgan fingerprint density at radius 3 is 1.95 bits per heavy atom. The van der Waals surface area contributed by atoms with E-state index in [-0.39, 0.29) is 6.42 Å². The summed E-state index contributed by atoms with van der Waals surface area (Å²) >= 11 is 0. The van der Waals surface area contributed by atoms with Crippen LogP contribution in [-0.2, 0) is 4.79 Å². The van der Waals surface area contributed by atoms with E-state index in [9.17, 15) is 4.79 Å². The number of unbranched alkanes of at least 4 members (excludes halogenated alkanes) is 4. The van der Waals surface area contributed by atoms with Crippen molar-refractivity contribution in [3.63, 3.8) is 0 Å². The van der Waals surface area contributed by atoms with Crippen LogP contribution in [0.1, 0.15) is 71.6 Å². The molecule has 0 aliphatic rings. The maximum absolute atomic E-state index is 10.3. The monoisotopic (exact) mass is 266 g/mol. The molecule has 0 aromatic rings. The first-order valence-corrected chi connectivity index (χ1v) is 7.64. The van der Waals surface area contributed by atoms with Crippen molar-refractivity contribution < 1.29 is 9.90 Å². The molecule has 110 valence electrons. The zero-order chi connectivity index (χ0) is 14.3. The van der Waals surface area contributed by atoms with Gasteiger partial charge in [0.15, 0.2) is 0 Å². The molecule has 19 heavy (non-hydrogen) atoms. The van der Waals surface area contributed by atoms with Crippen LogP contribution in [0.2, 0.25) is 0 Å². The SMILES string of the molecule is CC(C)CCCCC=CCCC=CCCCC(=O)O. The number of carboxylic acid groups (broad SMARTS) is 1. The molecular formula is C17H30O2. The summed E-state index contributed by atoms with van der Waals surface area (Å²) in [5.41, 5.74) is 0. The third-order valence-corrected chi connectivity index (χ3v) is 3.00. The summed E-state index contributed by atoms with van der Waals surface area (Å²) < 4.78 is 0. The van der Waals surface area contributed by atoms with Gasteiger partial charge in [-0.05, 0) is 44.4 Å². The fraction of sp³-hybridized carbons (Fsp3) is 0.706. The summed E-state index contributed by atoms with van der Waals surface area (Å²) in [6, 6.07) is 0. The number of hydrogen-bond acceptors (Lipinski definition) is 1. The number of hydrogen-bond donors (Lipinski definition) is 1. The van der Waals surface area contributed by atoms with E-state index in [2.05, 4.69) is 38.2 Å². The van der Waals surface area contributed by atoms with Gasteiger partial charge in [-0.25, -0.2) is 0 Å². The Kier molecular flexibility index (Phi) is 12.6. The molecule has 0 heterocycles. The smallest absolute Gasteiger partial charge is 0.303 e. The van der Waals surface area contributed by atoms with Crippen molar-refractivity contribution in [3.8, 4) is 0 Å². The molecule has 0 fully saturated rings. The molecule has 0 bridgehead atoms. The largest absolute Gasteiger partial charge is 0.481 e. The molecule has 0 radical (unpaired) electrons. The quantitative estimate of drug-likeness (QED) is 0.382. The van der Waals surface area contributed by atoms with E-state index in [1.807, 2.05) is 0 Å². The molecule has 0 unspecified atom stereocenters. The molecule has 0 amide bonds. The molecule has 1 N–H and O–H groups in total. The summed E-state index contributed by atoms with van der Waals surface area (Å²) in [5, 5.41) is 8.47. The molecule has 0 saturated carbocycles. The summed E-state index contributed by atoms with van der Waals surface area (Å²) in [6.45, 7) is 4.55. The van der Waals surface area contributed by atoms with Crippen molar-refractivity contribution in [1.82, 2.24) is 0 Å². The summed E-state index contributed by atoms with van der Waals surface area (Å²) in [6.07, 6.45) is 18.1. The van der Waals surface area contributed by atoms with E-state index in [0.717, 1.165) is 31.6 Å². The van der Waals surface area contributed by atoms with E-state index in [1.165, 1.54) is 25.7 Å². The van der Waals surface area contributed by atoms with Crippen LogP contribution in [0.25, 0.3) is 0 Å². The minimum atomic E-state index is -0.700. The van der Waals surface area contributed by atoms with Gasteiger partial charge in [-0.3, -0.25) is 4.79 Å². The molecule has 0 aliphatic carbocycles. The Hall–Kier alpha value is -1.05. The Morgan fingerprint density at radius 2 is 1.42 bits per heavy atom. The number of rotatable bonds is 12. The van der Waals surface area contributed by atoms with Gasteiger partial charge in [0, 0.05) is 6.42 Å². The second-order valence-corrected chi connectivity index (χ2v) is 5.48. The maximum Gasteiger partial charge on any atom is 0.303 e. The third-order valence-electron chi connectivity index (χ3n) is 3.00. The number of carbonyl (C=O) groups is 1. The van der Waals surface area contributed by atoms with Gasteiger partial charge < -0.3 is 5.11 Å². The standard InChI is InChI=1S/C17H30O2/c1-16(2)14-12-10-8-6-4-3-5-7-9-11-13-15-17(18)19/h4,6-7,9,16H,3,5,8,10-15H2,1-2H3,(H,18,19). The van der Waals surface area contributed by atoms with Gasteiger partial charge in [0.1, 0.15) is 0 Å². The lowest BCUT2D eigenvalue weighted by Gasteiger charge is -2.01. The van der Waals surface area contributed by atoms with Crippen LogP contribution in [0.3, 0.4) is 0 Å². The van der Waals surface area contributed by atoms with E-state index in [0.29, 0.717) is 0 Å². The molecule has 0 aromatic heterocycles. The van der Waals surface area contributed by atoms with Crippen LogP contribution < -0.4 is 0 Å². The maximum atomic E-state index is 10.3. The first-order valence-electron chi connectivity index (χ1n) is 7.64. The van der Waals surface area contributed by atoms with Crippen molar-refractivity contribution in [2.24, 2.45) is 5.92 Å². The minimum Gasteiger partial charge on any atom is -0.481 e. The highest BCUT2D eigenvalue weighted by atomic mass is 16.4. The van der Waals surface area contributed by atoms with Crippen LogP contribution in [0, 0.1) is 5.92 Å². The highest BCUT2D eigenvalue weighted by molar-refractivity contribution is 5.66. The van der Waals surface area contributed by atoms with Gasteiger partial charge in [0.2, 0.25) is 0 Å². The predicted molar refractivity (Wildman–Crippen MR) is 82.3 cm³/mol. The average molecular weight is 266 g/mol. The lowest BCUT2D eigenvalue weighted by Crippen LogP contribution is -1.92. The van der Waals surface area contributed by atoms with Gasteiger partial charge in [0.25, 0.3) is 0 Å². The zero-order valence-electron chi connectivity index (χ0n) is 12.6. The Bertz CT molecular complexity index is 264. The van der Waals surface area contributed by atoms with Gasteiger partial charge in [0.05, 0.1) is 0 Å². The molecule has 0 aliphatic heterocycles. The van der Waals surface area contributed by atoms with Gasteiger partial charge in [-0.2, -0.15) is 0 Å². The van der Waals surface area contributed by atoms with Crippen molar-refractivity contribution in [3.05, 3.63) is 24.3 Å². The fourth-order valence-corrected chi connectivity index (χ4v) is 1.85. The van der Waals surface area contributed by atoms with Crippen LogP contribution in [0.5, 0.6) is 0 Å². The summed E-state index contributed by atoms with van der Waals surface area (Å²) in [4.78, 5) is 10.3. The van der Waals surface area contributed by atoms with Gasteiger partial charge in [-0.1, -0.05) is 51.0 Å². The van der Waals surface area contributed by atoms with Crippen molar-refractivity contribution in [2.75, 3.05) is 0 Å². The summed E-state index contributed by atoms with van der Waals surface area (Å²) in [5.74, 6) is 0.129. The molecule has 0 saturated heterocycles. The number of carboxylic acids is 1. The molecule has 0 rings (SSSR count). The van der Waals surface area contributed by atoms with Gasteiger partial charge in [-0.15, -0.1) is 0 Å². The minimum absolute atomic E-state index is 0.278.